The third-order valence-electron chi connectivity index (χ3n) is 2.02. The highest BCUT2D eigenvalue weighted by molar-refractivity contribution is 5.10. The van der Waals surface area contributed by atoms with Gasteiger partial charge in [0.2, 0.25) is 0 Å². The molecule has 1 N–H and O–H groups in total. The van der Waals surface area contributed by atoms with Gasteiger partial charge in [0.05, 0.1) is 6.10 Å². The highest BCUT2D eigenvalue weighted by atomic mass is 16.3. The van der Waals surface area contributed by atoms with Crippen LogP contribution in [0.15, 0.2) is 36.7 Å². The van der Waals surface area contributed by atoms with E-state index in [4.69, 9.17) is 0 Å². The first kappa shape index (κ1) is 9.93. The molecule has 0 aliphatic rings. The number of pyridine rings is 1. The van der Waals surface area contributed by atoms with Crippen LogP contribution in [-0.2, 0) is 6.42 Å². The highest BCUT2D eigenvalue weighted by Crippen LogP contribution is 2.08. The molecule has 0 spiro atoms. The number of aliphatic hydroxyl groups is 1. The van der Waals surface area contributed by atoms with Gasteiger partial charge in [-0.2, -0.15) is 0 Å². The zero-order valence-electron chi connectivity index (χ0n) is 7.90. The molecule has 0 saturated heterocycles. The molecule has 1 rings (SSSR count). The summed E-state index contributed by atoms with van der Waals surface area (Å²) in [5.41, 5.74) is 2.03. The summed E-state index contributed by atoms with van der Waals surface area (Å²) in [6.07, 6.45) is 4.76. The molecule has 0 bridgehead atoms. The van der Waals surface area contributed by atoms with E-state index in [2.05, 4.69) is 11.6 Å². The van der Waals surface area contributed by atoms with E-state index in [-0.39, 0.29) is 6.10 Å². The van der Waals surface area contributed by atoms with Crippen molar-refractivity contribution < 1.29 is 5.11 Å². The molecule has 0 saturated carbocycles. The maximum absolute atomic E-state index is 9.47. The van der Waals surface area contributed by atoms with Crippen LogP contribution in [0.2, 0.25) is 0 Å². The van der Waals surface area contributed by atoms with E-state index in [0.29, 0.717) is 0 Å². The number of nitrogens with zero attached hydrogens (tertiary/aromatic N) is 1. The van der Waals surface area contributed by atoms with Crippen LogP contribution < -0.4 is 0 Å². The van der Waals surface area contributed by atoms with E-state index in [1.165, 1.54) is 5.56 Å². The van der Waals surface area contributed by atoms with Crippen LogP contribution in [0.3, 0.4) is 0 Å². The summed E-state index contributed by atoms with van der Waals surface area (Å²) >= 11 is 0. The maximum atomic E-state index is 9.47. The van der Waals surface area contributed by atoms with Crippen LogP contribution in [0, 0.1) is 0 Å². The normalized spacial score (nSPS) is 12.5. The highest BCUT2D eigenvalue weighted by Gasteiger charge is 2.03. The van der Waals surface area contributed by atoms with Crippen LogP contribution in [0.5, 0.6) is 0 Å². The van der Waals surface area contributed by atoms with E-state index in [1.807, 2.05) is 19.1 Å². The summed E-state index contributed by atoms with van der Waals surface area (Å²) in [6.45, 7) is 5.55. The Hall–Kier alpha value is -1.15. The molecule has 1 atom stereocenters. The van der Waals surface area contributed by atoms with Gasteiger partial charge in [0.15, 0.2) is 0 Å². The van der Waals surface area contributed by atoms with Crippen LogP contribution >= 0.6 is 0 Å². The number of aliphatic hydroxyl groups excluding tert-OH is 1. The first-order valence-corrected chi connectivity index (χ1v) is 4.42. The van der Waals surface area contributed by atoms with Crippen LogP contribution in [0.25, 0.3) is 0 Å². The molecule has 2 heteroatoms. The van der Waals surface area contributed by atoms with Crippen molar-refractivity contribution in [3.63, 3.8) is 0 Å². The molecule has 0 aliphatic heterocycles. The SMILES string of the molecule is C=C(C)C(O)CCc1ccncc1. The maximum Gasteiger partial charge on any atom is 0.0748 e. The fraction of sp³-hybridized carbons (Fsp3) is 0.364. The van der Waals surface area contributed by atoms with Crippen molar-refractivity contribution in [1.29, 1.82) is 0 Å². The van der Waals surface area contributed by atoms with Crippen LogP contribution in [-0.4, -0.2) is 16.2 Å². The lowest BCUT2D eigenvalue weighted by atomic mass is 10.0. The van der Waals surface area contributed by atoms with Gasteiger partial charge in [-0.3, -0.25) is 4.98 Å². The quantitative estimate of drug-likeness (QED) is 0.713. The Balaban J connectivity index is 2.39. The lowest BCUT2D eigenvalue weighted by Crippen LogP contribution is -2.08. The van der Waals surface area contributed by atoms with Crippen molar-refractivity contribution in [2.24, 2.45) is 0 Å². The van der Waals surface area contributed by atoms with Gasteiger partial charge in [0, 0.05) is 12.4 Å². The molecular formula is C11H15NO. The third kappa shape index (κ3) is 3.38. The van der Waals surface area contributed by atoms with E-state index in [0.717, 1.165) is 18.4 Å². The summed E-state index contributed by atoms with van der Waals surface area (Å²) in [5.74, 6) is 0. The topological polar surface area (TPSA) is 33.1 Å². The molecule has 1 heterocycles. The Morgan fingerprint density at radius 3 is 2.69 bits per heavy atom. The molecule has 0 amide bonds. The van der Waals surface area contributed by atoms with E-state index in [9.17, 15) is 5.11 Å². The second-order valence-electron chi connectivity index (χ2n) is 3.26. The number of hydrogen-bond donors (Lipinski definition) is 1. The first-order valence-electron chi connectivity index (χ1n) is 4.42. The van der Waals surface area contributed by atoms with Crippen molar-refractivity contribution in [2.75, 3.05) is 0 Å². The molecule has 0 fully saturated rings. The van der Waals surface area contributed by atoms with Gasteiger partial charge in [0.25, 0.3) is 0 Å². The predicted octanol–water partition coefficient (Wildman–Crippen LogP) is 1.95. The molecule has 0 aromatic carbocycles. The monoisotopic (exact) mass is 177 g/mol. The van der Waals surface area contributed by atoms with Crippen molar-refractivity contribution >= 4 is 0 Å². The lowest BCUT2D eigenvalue weighted by molar-refractivity contribution is 0.201. The molecule has 70 valence electrons. The Labute approximate surface area is 78.9 Å². The minimum absolute atomic E-state index is 0.381. The Morgan fingerprint density at radius 2 is 2.15 bits per heavy atom. The van der Waals surface area contributed by atoms with Crippen molar-refractivity contribution in [3.05, 3.63) is 42.2 Å². The summed E-state index contributed by atoms with van der Waals surface area (Å²) in [5, 5.41) is 9.47. The minimum Gasteiger partial charge on any atom is -0.389 e. The fourth-order valence-corrected chi connectivity index (χ4v) is 1.10. The summed E-state index contributed by atoms with van der Waals surface area (Å²) in [7, 11) is 0. The molecule has 2 nitrogen and oxygen atoms in total. The van der Waals surface area contributed by atoms with Crippen LogP contribution in [0.1, 0.15) is 18.9 Å². The third-order valence-corrected chi connectivity index (χ3v) is 2.02. The lowest BCUT2D eigenvalue weighted by Gasteiger charge is -2.09. The molecule has 1 aromatic rings. The predicted molar refractivity (Wildman–Crippen MR) is 53.4 cm³/mol. The standard InChI is InChI=1S/C11H15NO/c1-9(2)11(13)4-3-10-5-7-12-8-6-10/h5-8,11,13H,1,3-4H2,2H3. The van der Waals surface area contributed by atoms with Crippen molar-refractivity contribution in [2.45, 2.75) is 25.9 Å². The van der Waals surface area contributed by atoms with E-state index in [1.54, 1.807) is 12.4 Å². The average Bonchev–Trinajstić information content (AvgIpc) is 2.15. The summed E-state index contributed by atoms with van der Waals surface area (Å²) in [4.78, 5) is 3.93. The van der Waals surface area contributed by atoms with Crippen molar-refractivity contribution in [1.82, 2.24) is 4.98 Å². The molecule has 13 heavy (non-hydrogen) atoms. The zero-order chi connectivity index (χ0) is 9.68. The van der Waals surface area contributed by atoms with Gasteiger partial charge in [-0.15, -0.1) is 0 Å². The summed E-state index contributed by atoms with van der Waals surface area (Å²) in [6, 6.07) is 3.93. The van der Waals surface area contributed by atoms with Gasteiger partial charge in [0.1, 0.15) is 0 Å². The molecule has 0 radical (unpaired) electrons. The second kappa shape index (κ2) is 4.77. The fourth-order valence-electron chi connectivity index (χ4n) is 1.10. The largest absolute Gasteiger partial charge is 0.389 e. The number of rotatable bonds is 4. The smallest absolute Gasteiger partial charge is 0.0748 e. The van der Waals surface area contributed by atoms with E-state index < -0.39 is 0 Å². The first-order chi connectivity index (χ1) is 6.20. The van der Waals surface area contributed by atoms with E-state index >= 15 is 0 Å². The Bertz CT molecular complexity index is 269. The van der Waals surface area contributed by atoms with Gasteiger partial charge >= 0.3 is 0 Å². The summed E-state index contributed by atoms with van der Waals surface area (Å²) < 4.78 is 0. The van der Waals surface area contributed by atoms with Crippen LogP contribution in [0.4, 0.5) is 0 Å². The van der Waals surface area contributed by atoms with Gasteiger partial charge < -0.3 is 5.11 Å². The Kier molecular flexibility index (Phi) is 3.65. The molecular weight excluding hydrogens is 162 g/mol. The second-order valence-corrected chi connectivity index (χ2v) is 3.26. The van der Waals surface area contributed by atoms with Gasteiger partial charge in [-0.05, 0) is 37.5 Å². The number of aryl methyl sites for hydroxylation is 1. The minimum atomic E-state index is -0.381. The zero-order valence-corrected chi connectivity index (χ0v) is 7.90. The Morgan fingerprint density at radius 1 is 1.54 bits per heavy atom. The molecule has 1 unspecified atom stereocenters. The number of aromatic nitrogens is 1. The molecule has 1 aromatic heterocycles. The van der Waals surface area contributed by atoms with Gasteiger partial charge in [-0.25, -0.2) is 0 Å². The van der Waals surface area contributed by atoms with Gasteiger partial charge in [-0.1, -0.05) is 12.2 Å². The number of hydrogen-bond acceptors (Lipinski definition) is 2. The average molecular weight is 177 g/mol. The van der Waals surface area contributed by atoms with Crippen molar-refractivity contribution in [3.8, 4) is 0 Å². The molecule has 0 aliphatic carbocycles.